The fourth-order valence-electron chi connectivity index (χ4n) is 2.37. The molecule has 0 bridgehead atoms. The third-order valence-electron chi connectivity index (χ3n) is 3.12. The molecule has 3 nitrogen and oxygen atoms in total. The van der Waals surface area contributed by atoms with Crippen molar-refractivity contribution in [2.75, 3.05) is 0 Å². The summed E-state index contributed by atoms with van der Waals surface area (Å²) in [5.41, 5.74) is 3.69. The van der Waals surface area contributed by atoms with Gasteiger partial charge in [-0.25, -0.2) is 4.98 Å². The first-order valence-corrected chi connectivity index (χ1v) is 5.68. The molecular weight excluding hydrogens is 198 g/mol. The third-order valence-corrected chi connectivity index (χ3v) is 3.12. The first-order chi connectivity index (χ1) is 7.84. The van der Waals surface area contributed by atoms with E-state index in [1.54, 1.807) is 6.33 Å². The molecule has 2 atom stereocenters. The van der Waals surface area contributed by atoms with Crippen molar-refractivity contribution >= 4 is 0 Å². The molecule has 0 radical (unpaired) electrons. The predicted molar refractivity (Wildman–Crippen MR) is 63.2 cm³/mol. The van der Waals surface area contributed by atoms with Gasteiger partial charge in [0, 0.05) is 18.2 Å². The number of nitrogens with one attached hydrogen (secondary N) is 2. The molecule has 0 spiro atoms. The Bertz CT molecular complexity index is 475. The number of hydrogen-bond acceptors (Lipinski definition) is 2. The van der Waals surface area contributed by atoms with Crippen molar-refractivity contribution < 1.29 is 0 Å². The summed E-state index contributed by atoms with van der Waals surface area (Å²) in [6, 6.07) is 11.2. The molecule has 3 heteroatoms. The van der Waals surface area contributed by atoms with E-state index < -0.39 is 0 Å². The van der Waals surface area contributed by atoms with E-state index in [2.05, 4.69) is 46.5 Å². The lowest BCUT2D eigenvalue weighted by molar-refractivity contribution is 0.454. The number of hydrogen-bond donors (Lipinski definition) is 2. The van der Waals surface area contributed by atoms with Gasteiger partial charge in [-0.05, 0) is 12.5 Å². The van der Waals surface area contributed by atoms with E-state index in [0.717, 1.165) is 12.1 Å². The minimum absolute atomic E-state index is 0.228. The van der Waals surface area contributed by atoms with Crippen molar-refractivity contribution in [3.05, 3.63) is 53.6 Å². The summed E-state index contributed by atoms with van der Waals surface area (Å²) in [6.07, 6.45) is 2.82. The maximum Gasteiger partial charge on any atom is 0.0926 e. The van der Waals surface area contributed by atoms with Gasteiger partial charge < -0.3 is 10.3 Å². The van der Waals surface area contributed by atoms with Crippen LogP contribution in [0, 0.1) is 0 Å². The highest BCUT2D eigenvalue weighted by atomic mass is 15.0. The maximum absolute atomic E-state index is 4.43. The molecule has 82 valence electrons. The fraction of sp³-hybridized carbons (Fsp3) is 0.308. The average Bonchev–Trinajstić information content (AvgIpc) is 2.77. The minimum atomic E-state index is 0.228. The molecule has 0 saturated heterocycles. The second-order valence-electron chi connectivity index (χ2n) is 4.38. The number of aromatic nitrogens is 2. The smallest absolute Gasteiger partial charge is 0.0926 e. The second-order valence-corrected chi connectivity index (χ2v) is 4.38. The Morgan fingerprint density at radius 2 is 2.06 bits per heavy atom. The topological polar surface area (TPSA) is 40.7 Å². The summed E-state index contributed by atoms with van der Waals surface area (Å²) in [5, 5.41) is 3.59. The average molecular weight is 213 g/mol. The zero-order valence-electron chi connectivity index (χ0n) is 9.27. The molecule has 1 aliphatic heterocycles. The monoisotopic (exact) mass is 213 g/mol. The van der Waals surface area contributed by atoms with Gasteiger partial charge in [0.2, 0.25) is 0 Å². The van der Waals surface area contributed by atoms with Crippen LogP contribution in [0.4, 0.5) is 0 Å². The van der Waals surface area contributed by atoms with Crippen LogP contribution in [0.3, 0.4) is 0 Å². The molecule has 0 amide bonds. The molecule has 2 N–H and O–H groups in total. The van der Waals surface area contributed by atoms with Gasteiger partial charge in [0.15, 0.2) is 0 Å². The molecule has 1 aromatic heterocycles. The number of nitrogens with zero attached hydrogens (tertiary/aromatic N) is 1. The van der Waals surface area contributed by atoms with Gasteiger partial charge in [0.25, 0.3) is 0 Å². The Balaban J connectivity index is 2.04. The molecule has 0 fully saturated rings. The summed E-state index contributed by atoms with van der Waals surface area (Å²) in [5.74, 6) is 0. The number of fused-ring (bicyclic) bond motifs is 1. The lowest BCUT2D eigenvalue weighted by atomic mass is 9.95. The van der Waals surface area contributed by atoms with Crippen molar-refractivity contribution in [2.24, 2.45) is 0 Å². The number of H-pyrrole nitrogens is 1. The maximum atomic E-state index is 4.43. The van der Waals surface area contributed by atoms with Crippen LogP contribution < -0.4 is 5.32 Å². The molecule has 2 heterocycles. The van der Waals surface area contributed by atoms with E-state index in [-0.39, 0.29) is 6.04 Å². The van der Waals surface area contributed by atoms with Crippen LogP contribution in [0.5, 0.6) is 0 Å². The standard InChI is InChI=1S/C13H15N3/c1-9-7-11-13(15-8-14-11)12(16-9)10-5-3-2-4-6-10/h2-6,8-9,12,16H,7H2,1H3,(H,14,15)/t9-,12+/m1/s1. The van der Waals surface area contributed by atoms with E-state index >= 15 is 0 Å². The van der Waals surface area contributed by atoms with Crippen LogP contribution in [0.25, 0.3) is 0 Å². The van der Waals surface area contributed by atoms with Gasteiger partial charge in [-0.3, -0.25) is 0 Å². The van der Waals surface area contributed by atoms with Crippen molar-refractivity contribution in [3.8, 4) is 0 Å². The molecule has 0 saturated carbocycles. The van der Waals surface area contributed by atoms with Crippen molar-refractivity contribution in [2.45, 2.75) is 25.4 Å². The van der Waals surface area contributed by atoms with Crippen LogP contribution in [0.1, 0.15) is 29.9 Å². The van der Waals surface area contributed by atoms with Gasteiger partial charge in [-0.15, -0.1) is 0 Å². The van der Waals surface area contributed by atoms with Gasteiger partial charge >= 0.3 is 0 Å². The molecule has 0 aliphatic carbocycles. The van der Waals surface area contributed by atoms with Gasteiger partial charge in [0.1, 0.15) is 0 Å². The van der Waals surface area contributed by atoms with Crippen LogP contribution in [0.2, 0.25) is 0 Å². The van der Waals surface area contributed by atoms with Crippen LogP contribution in [-0.4, -0.2) is 16.0 Å². The Labute approximate surface area is 94.9 Å². The van der Waals surface area contributed by atoms with Crippen molar-refractivity contribution in [1.82, 2.24) is 15.3 Å². The Hall–Kier alpha value is -1.61. The lowest BCUT2D eigenvalue weighted by Crippen LogP contribution is -2.38. The summed E-state index contributed by atoms with van der Waals surface area (Å²) in [6.45, 7) is 2.21. The second kappa shape index (κ2) is 3.76. The summed E-state index contributed by atoms with van der Waals surface area (Å²) >= 11 is 0. The highest BCUT2D eigenvalue weighted by molar-refractivity contribution is 5.32. The quantitative estimate of drug-likeness (QED) is 0.761. The molecule has 1 aliphatic rings. The number of rotatable bonds is 1. The molecule has 3 rings (SSSR count). The third kappa shape index (κ3) is 1.53. The Kier molecular flexibility index (Phi) is 2.26. The summed E-state index contributed by atoms with van der Waals surface area (Å²) in [4.78, 5) is 7.67. The zero-order chi connectivity index (χ0) is 11.0. The number of imidazole rings is 1. The highest BCUT2D eigenvalue weighted by Crippen LogP contribution is 2.27. The SMILES string of the molecule is C[C@@H]1Cc2[nH]cnc2[C@H](c2ccccc2)N1. The number of benzene rings is 1. The van der Waals surface area contributed by atoms with E-state index in [9.17, 15) is 0 Å². The minimum Gasteiger partial charge on any atom is -0.348 e. The zero-order valence-corrected chi connectivity index (χ0v) is 9.27. The van der Waals surface area contributed by atoms with Crippen molar-refractivity contribution in [1.29, 1.82) is 0 Å². The summed E-state index contributed by atoms with van der Waals surface area (Å²) in [7, 11) is 0. The van der Waals surface area contributed by atoms with Crippen LogP contribution in [-0.2, 0) is 6.42 Å². The molecule has 0 unspecified atom stereocenters. The van der Waals surface area contributed by atoms with E-state index in [4.69, 9.17) is 0 Å². The van der Waals surface area contributed by atoms with Crippen LogP contribution in [0.15, 0.2) is 36.7 Å². The van der Waals surface area contributed by atoms with E-state index in [1.165, 1.54) is 11.3 Å². The molecule has 2 aromatic rings. The van der Waals surface area contributed by atoms with E-state index in [1.807, 2.05) is 6.07 Å². The summed E-state index contributed by atoms with van der Waals surface area (Å²) < 4.78 is 0. The largest absolute Gasteiger partial charge is 0.348 e. The molecule has 1 aromatic carbocycles. The van der Waals surface area contributed by atoms with Gasteiger partial charge in [-0.1, -0.05) is 30.3 Å². The molecule has 16 heavy (non-hydrogen) atoms. The normalized spacial score (nSPS) is 24.1. The van der Waals surface area contributed by atoms with Crippen LogP contribution >= 0.6 is 0 Å². The lowest BCUT2D eigenvalue weighted by Gasteiger charge is -2.28. The first-order valence-electron chi connectivity index (χ1n) is 5.68. The Morgan fingerprint density at radius 3 is 2.88 bits per heavy atom. The van der Waals surface area contributed by atoms with Gasteiger partial charge in [-0.2, -0.15) is 0 Å². The first kappa shape index (κ1) is 9.60. The van der Waals surface area contributed by atoms with Gasteiger partial charge in [0.05, 0.1) is 18.1 Å². The Morgan fingerprint density at radius 1 is 1.25 bits per heavy atom. The van der Waals surface area contributed by atoms with E-state index in [0.29, 0.717) is 6.04 Å². The fourth-order valence-corrected chi connectivity index (χ4v) is 2.37. The van der Waals surface area contributed by atoms with Crippen molar-refractivity contribution in [3.63, 3.8) is 0 Å². The number of aromatic amines is 1. The highest BCUT2D eigenvalue weighted by Gasteiger charge is 2.26. The predicted octanol–water partition coefficient (Wildman–Crippen LogP) is 2.03. The molecular formula is C13H15N3.